The second kappa shape index (κ2) is 5.46. The highest BCUT2D eigenvalue weighted by atomic mass is 16.5. The van der Waals surface area contributed by atoms with Crippen LogP contribution in [0.1, 0.15) is 31.2 Å². The number of aromatic nitrogens is 5. The molecule has 0 saturated carbocycles. The zero-order valence-corrected chi connectivity index (χ0v) is 10.7. The van der Waals surface area contributed by atoms with Gasteiger partial charge in [-0.05, 0) is 16.3 Å². The van der Waals surface area contributed by atoms with Gasteiger partial charge in [-0.1, -0.05) is 24.1 Å². The molecule has 9 heteroatoms. The minimum Gasteiger partial charge on any atom is -0.367 e. The molecular formula is C10H15N7O2. The van der Waals surface area contributed by atoms with E-state index >= 15 is 0 Å². The van der Waals surface area contributed by atoms with Gasteiger partial charge in [0.25, 0.3) is 0 Å². The molecule has 102 valence electrons. The van der Waals surface area contributed by atoms with Crippen molar-refractivity contribution in [2.24, 2.45) is 0 Å². The summed E-state index contributed by atoms with van der Waals surface area (Å²) in [7, 11) is 0. The molecule has 0 fully saturated rings. The van der Waals surface area contributed by atoms with Crippen molar-refractivity contribution in [2.45, 2.75) is 32.9 Å². The number of amides is 1. The van der Waals surface area contributed by atoms with Gasteiger partial charge in [0, 0.05) is 6.07 Å². The molecule has 0 unspecified atom stereocenters. The maximum Gasteiger partial charge on any atom is 0.242 e. The van der Waals surface area contributed by atoms with Crippen molar-refractivity contribution in [1.29, 1.82) is 0 Å². The first-order valence-electron chi connectivity index (χ1n) is 5.80. The average molecular weight is 265 g/mol. The van der Waals surface area contributed by atoms with Gasteiger partial charge in [0.15, 0.2) is 5.76 Å². The lowest BCUT2D eigenvalue weighted by Gasteiger charge is -2.02. The Bertz CT molecular complexity index is 560. The van der Waals surface area contributed by atoms with E-state index in [1.807, 2.05) is 19.9 Å². The third kappa shape index (κ3) is 3.27. The molecule has 1 amide bonds. The highest BCUT2D eigenvalue weighted by Gasteiger charge is 2.10. The van der Waals surface area contributed by atoms with Gasteiger partial charge in [-0.15, -0.1) is 0 Å². The van der Waals surface area contributed by atoms with Gasteiger partial charge in [0.2, 0.25) is 11.9 Å². The van der Waals surface area contributed by atoms with Gasteiger partial charge in [-0.3, -0.25) is 4.79 Å². The number of carbonyl (C=O) groups is 1. The molecule has 2 rings (SSSR count). The van der Waals surface area contributed by atoms with Gasteiger partial charge in [0.05, 0.1) is 12.2 Å². The van der Waals surface area contributed by atoms with E-state index in [2.05, 4.69) is 26.0 Å². The molecule has 0 aliphatic heterocycles. The third-order valence-corrected chi connectivity index (χ3v) is 2.48. The highest BCUT2D eigenvalue weighted by Crippen LogP contribution is 2.13. The summed E-state index contributed by atoms with van der Waals surface area (Å²) in [5.41, 5.74) is 6.31. The molecule has 0 saturated heterocycles. The SMILES string of the molecule is CC(C)c1cc(CNC(=O)Cn2nnnc2N)on1. The number of carbonyl (C=O) groups excluding carboxylic acids is 1. The molecule has 3 N–H and O–H groups in total. The number of nitrogen functional groups attached to an aromatic ring is 1. The van der Waals surface area contributed by atoms with Gasteiger partial charge in [0.1, 0.15) is 6.54 Å². The van der Waals surface area contributed by atoms with Crippen molar-refractivity contribution in [3.8, 4) is 0 Å². The molecule has 0 aliphatic carbocycles. The predicted octanol–water partition coefficient (Wildman–Crippen LogP) is -0.317. The van der Waals surface area contributed by atoms with Crippen LogP contribution in [0.3, 0.4) is 0 Å². The van der Waals surface area contributed by atoms with Crippen LogP contribution in [0.15, 0.2) is 10.6 Å². The fourth-order valence-corrected chi connectivity index (χ4v) is 1.39. The first-order chi connectivity index (χ1) is 9.06. The highest BCUT2D eigenvalue weighted by molar-refractivity contribution is 5.75. The van der Waals surface area contributed by atoms with Gasteiger partial charge < -0.3 is 15.6 Å². The standard InChI is InChI=1S/C10H15N7O2/c1-6(2)8-3-7(19-14-8)4-12-9(18)5-17-10(11)13-15-16-17/h3,6H,4-5H2,1-2H3,(H,12,18)(H2,11,13,16). The number of hydrogen-bond donors (Lipinski definition) is 2. The normalized spacial score (nSPS) is 10.9. The maximum atomic E-state index is 11.6. The largest absolute Gasteiger partial charge is 0.367 e. The number of rotatable bonds is 5. The van der Waals surface area contributed by atoms with Crippen molar-refractivity contribution >= 4 is 11.9 Å². The Morgan fingerprint density at radius 2 is 2.37 bits per heavy atom. The van der Waals surface area contributed by atoms with Crippen LogP contribution in [0.4, 0.5) is 5.95 Å². The Hall–Kier alpha value is -2.45. The Kier molecular flexibility index (Phi) is 3.74. The van der Waals surface area contributed by atoms with E-state index in [0.717, 1.165) is 5.69 Å². The lowest BCUT2D eigenvalue weighted by molar-refractivity contribution is -0.122. The number of hydrogen-bond acceptors (Lipinski definition) is 7. The molecule has 9 nitrogen and oxygen atoms in total. The second-order valence-electron chi connectivity index (χ2n) is 4.34. The summed E-state index contributed by atoms with van der Waals surface area (Å²) in [4.78, 5) is 11.6. The minimum atomic E-state index is -0.263. The Balaban J connectivity index is 1.84. The molecular weight excluding hydrogens is 250 g/mol. The van der Waals surface area contributed by atoms with Gasteiger partial charge in [-0.25, -0.2) is 4.68 Å². The van der Waals surface area contributed by atoms with Crippen LogP contribution in [-0.4, -0.2) is 31.3 Å². The molecule has 0 aliphatic rings. The Morgan fingerprint density at radius 3 is 2.95 bits per heavy atom. The summed E-state index contributed by atoms with van der Waals surface area (Å²) in [6.07, 6.45) is 0. The molecule has 2 aromatic heterocycles. The van der Waals surface area contributed by atoms with E-state index in [-0.39, 0.29) is 30.9 Å². The van der Waals surface area contributed by atoms with Crippen LogP contribution < -0.4 is 11.1 Å². The number of nitrogens with two attached hydrogens (primary N) is 1. The third-order valence-electron chi connectivity index (χ3n) is 2.48. The van der Waals surface area contributed by atoms with Crippen LogP contribution in [-0.2, 0) is 17.9 Å². The molecule has 0 radical (unpaired) electrons. The first kappa shape index (κ1) is 13.0. The predicted molar refractivity (Wildman–Crippen MR) is 64.7 cm³/mol. The van der Waals surface area contributed by atoms with Crippen molar-refractivity contribution in [1.82, 2.24) is 30.7 Å². The second-order valence-corrected chi connectivity index (χ2v) is 4.34. The average Bonchev–Trinajstić information content (AvgIpc) is 2.97. The van der Waals surface area contributed by atoms with E-state index in [1.54, 1.807) is 0 Å². The van der Waals surface area contributed by atoms with Crippen LogP contribution >= 0.6 is 0 Å². The van der Waals surface area contributed by atoms with E-state index < -0.39 is 0 Å². The molecule has 2 heterocycles. The van der Waals surface area contributed by atoms with Gasteiger partial charge in [-0.2, -0.15) is 0 Å². The topological polar surface area (TPSA) is 125 Å². The van der Waals surface area contributed by atoms with Crippen LogP contribution in [0, 0.1) is 0 Å². The molecule has 0 atom stereocenters. The number of nitrogens with one attached hydrogen (secondary N) is 1. The lowest BCUT2D eigenvalue weighted by atomic mass is 10.1. The van der Waals surface area contributed by atoms with Gasteiger partial charge >= 0.3 is 0 Å². The fourth-order valence-electron chi connectivity index (χ4n) is 1.39. The van der Waals surface area contributed by atoms with Crippen molar-refractivity contribution in [3.63, 3.8) is 0 Å². The number of anilines is 1. The Labute approximate surface area is 109 Å². The molecule has 0 spiro atoms. The van der Waals surface area contributed by atoms with E-state index in [4.69, 9.17) is 10.3 Å². The summed E-state index contributed by atoms with van der Waals surface area (Å²) in [5.74, 6) is 0.717. The summed E-state index contributed by atoms with van der Waals surface area (Å²) in [6.45, 7) is 4.26. The zero-order chi connectivity index (χ0) is 13.8. The smallest absolute Gasteiger partial charge is 0.242 e. The zero-order valence-electron chi connectivity index (χ0n) is 10.7. The lowest BCUT2D eigenvalue weighted by Crippen LogP contribution is -2.28. The molecule has 19 heavy (non-hydrogen) atoms. The molecule has 2 aromatic rings. The van der Waals surface area contributed by atoms with E-state index in [0.29, 0.717) is 5.76 Å². The fraction of sp³-hybridized carbons (Fsp3) is 0.500. The summed E-state index contributed by atoms with van der Waals surface area (Å²) in [5, 5.41) is 17.0. The van der Waals surface area contributed by atoms with E-state index in [9.17, 15) is 4.79 Å². The number of nitrogens with zero attached hydrogens (tertiary/aromatic N) is 5. The maximum absolute atomic E-state index is 11.6. The van der Waals surface area contributed by atoms with Crippen LogP contribution in [0.5, 0.6) is 0 Å². The minimum absolute atomic E-state index is 0.0377. The quantitative estimate of drug-likeness (QED) is 0.759. The van der Waals surface area contributed by atoms with Crippen molar-refractivity contribution in [3.05, 3.63) is 17.5 Å². The van der Waals surface area contributed by atoms with Crippen molar-refractivity contribution in [2.75, 3.05) is 5.73 Å². The van der Waals surface area contributed by atoms with E-state index in [1.165, 1.54) is 4.68 Å². The van der Waals surface area contributed by atoms with Crippen molar-refractivity contribution < 1.29 is 9.32 Å². The summed E-state index contributed by atoms with van der Waals surface area (Å²) < 4.78 is 6.30. The summed E-state index contributed by atoms with van der Waals surface area (Å²) in [6, 6.07) is 1.82. The van der Waals surface area contributed by atoms with Crippen LogP contribution in [0.25, 0.3) is 0 Å². The molecule has 0 aromatic carbocycles. The molecule has 0 bridgehead atoms. The summed E-state index contributed by atoms with van der Waals surface area (Å²) >= 11 is 0. The number of tetrazole rings is 1. The Morgan fingerprint density at radius 1 is 1.58 bits per heavy atom. The first-order valence-corrected chi connectivity index (χ1v) is 5.80. The monoisotopic (exact) mass is 265 g/mol. The van der Waals surface area contributed by atoms with Crippen LogP contribution in [0.2, 0.25) is 0 Å².